The number of nitrogens with zero attached hydrogens (tertiary/aromatic N) is 3. The number of rotatable bonds is 5. The number of benzene rings is 4. The summed E-state index contributed by atoms with van der Waals surface area (Å²) >= 11 is 0. The molecule has 4 aromatic carbocycles. The van der Waals surface area contributed by atoms with E-state index in [1.807, 2.05) is 97.3 Å². The minimum absolute atomic E-state index is 0.892. The fourth-order valence-corrected chi connectivity index (χ4v) is 4.24. The molecule has 3 N–H and O–H groups in total. The van der Waals surface area contributed by atoms with Crippen LogP contribution in [0.5, 0.6) is 0 Å². The lowest BCUT2D eigenvalue weighted by atomic mass is 10.1. The Labute approximate surface area is 240 Å². The lowest BCUT2D eigenvalue weighted by molar-refractivity contribution is 0.990. The molecule has 0 aliphatic carbocycles. The maximum Gasteiger partial charge on any atom is 0.138 e. The van der Waals surface area contributed by atoms with E-state index in [1.54, 1.807) is 12.4 Å². The van der Waals surface area contributed by atoms with E-state index in [0.29, 0.717) is 0 Å². The van der Waals surface area contributed by atoms with Crippen LogP contribution in [0, 0.1) is 0 Å². The van der Waals surface area contributed by atoms with Gasteiger partial charge in [-0.3, -0.25) is 0 Å². The predicted octanol–water partition coefficient (Wildman–Crippen LogP) is 8.46. The van der Waals surface area contributed by atoms with Crippen LogP contribution in [0.4, 0.5) is 0 Å². The highest BCUT2D eigenvalue weighted by Gasteiger charge is 2.14. The van der Waals surface area contributed by atoms with E-state index in [2.05, 4.69) is 68.2 Å². The zero-order chi connectivity index (χ0) is 28.1. The Hall–Kier alpha value is -5.49. The minimum atomic E-state index is 0.892. The van der Waals surface area contributed by atoms with Gasteiger partial charge >= 0.3 is 0 Å². The summed E-state index contributed by atoms with van der Waals surface area (Å²) in [6, 6.07) is 40.9. The number of hydrogen-bond acceptors (Lipinski definition) is 3. The van der Waals surface area contributed by atoms with E-state index in [4.69, 9.17) is 4.98 Å². The van der Waals surface area contributed by atoms with Crippen molar-refractivity contribution in [2.75, 3.05) is 0 Å². The van der Waals surface area contributed by atoms with Gasteiger partial charge in [0.05, 0.1) is 11.4 Å². The summed E-state index contributed by atoms with van der Waals surface area (Å²) in [5.41, 5.74) is 6.50. The van der Waals surface area contributed by atoms with Gasteiger partial charge in [-0.2, -0.15) is 0 Å². The molecule has 0 atom stereocenters. The van der Waals surface area contributed by atoms with Crippen molar-refractivity contribution in [1.29, 1.82) is 0 Å². The highest BCUT2D eigenvalue weighted by Crippen LogP contribution is 2.32. The number of imidazole rings is 3. The molecule has 0 spiro atoms. The summed E-state index contributed by atoms with van der Waals surface area (Å²) in [6.07, 6.45) is 8.16. The lowest BCUT2D eigenvalue weighted by Gasteiger charge is -2.02. The standard InChI is InChI=1S/C21H16N2.C9H8N2.C5H8N2/c1-4-10-16(11-5-1)19-20(17-12-6-2-7-13-17)23-21(22-19)18-14-8-3-9-15-18;1-2-4-8(5-3-1)9-10-6-7-11-9;1-2-5-6-3-4-7-5/h1-15H,(H,22,23);1-7H,(H,10,11);3-4H,2H2,1H3,(H,6,7). The van der Waals surface area contributed by atoms with Crippen molar-refractivity contribution in [3.05, 3.63) is 152 Å². The molecule has 3 aromatic heterocycles. The molecule has 7 aromatic rings. The molecule has 41 heavy (non-hydrogen) atoms. The van der Waals surface area contributed by atoms with E-state index in [-0.39, 0.29) is 0 Å². The molecule has 0 fully saturated rings. The van der Waals surface area contributed by atoms with Crippen molar-refractivity contribution in [1.82, 2.24) is 29.9 Å². The topological polar surface area (TPSA) is 86.0 Å². The normalized spacial score (nSPS) is 10.2. The molecular weight excluding hydrogens is 504 g/mol. The Bertz CT molecular complexity index is 1620. The quantitative estimate of drug-likeness (QED) is 0.206. The van der Waals surface area contributed by atoms with Crippen LogP contribution in [0.15, 0.2) is 146 Å². The first-order chi connectivity index (χ1) is 20.3. The minimum Gasteiger partial charge on any atom is -0.349 e. The van der Waals surface area contributed by atoms with Crippen LogP contribution in [0.2, 0.25) is 0 Å². The largest absolute Gasteiger partial charge is 0.349 e. The summed E-state index contributed by atoms with van der Waals surface area (Å²) in [4.78, 5) is 22.5. The van der Waals surface area contributed by atoms with E-state index in [9.17, 15) is 0 Å². The molecule has 0 saturated carbocycles. The van der Waals surface area contributed by atoms with Gasteiger partial charge in [-0.05, 0) is 0 Å². The first-order valence-corrected chi connectivity index (χ1v) is 13.6. The van der Waals surface area contributed by atoms with E-state index < -0.39 is 0 Å². The van der Waals surface area contributed by atoms with Crippen LogP contribution in [0.25, 0.3) is 45.3 Å². The SMILES string of the molecule is CCc1ncc[nH]1.c1ccc(-c2nc(-c3ccccc3)c(-c3ccccc3)[nH]2)cc1.c1ccc(-c2ncc[nH]2)cc1. The van der Waals surface area contributed by atoms with Gasteiger partial charge in [0.15, 0.2) is 0 Å². The Balaban J connectivity index is 0.000000154. The average molecular weight is 537 g/mol. The van der Waals surface area contributed by atoms with Crippen LogP contribution in [0.3, 0.4) is 0 Å². The predicted molar refractivity (Wildman–Crippen MR) is 167 cm³/mol. The van der Waals surface area contributed by atoms with Gasteiger partial charge in [-0.15, -0.1) is 0 Å². The molecule has 0 saturated heterocycles. The summed E-state index contributed by atoms with van der Waals surface area (Å²) in [7, 11) is 0. The van der Waals surface area contributed by atoms with Gasteiger partial charge in [0, 0.05) is 53.5 Å². The van der Waals surface area contributed by atoms with Crippen molar-refractivity contribution in [3.63, 3.8) is 0 Å². The average Bonchev–Trinajstić information content (AvgIpc) is 3.86. The first-order valence-electron chi connectivity index (χ1n) is 13.6. The van der Waals surface area contributed by atoms with Gasteiger partial charge in [-0.1, -0.05) is 128 Å². The van der Waals surface area contributed by atoms with Crippen molar-refractivity contribution in [2.45, 2.75) is 13.3 Å². The second-order valence-electron chi connectivity index (χ2n) is 9.10. The van der Waals surface area contributed by atoms with Crippen LogP contribution >= 0.6 is 0 Å². The molecular formula is C35H32N6. The van der Waals surface area contributed by atoms with Crippen LogP contribution in [0.1, 0.15) is 12.7 Å². The monoisotopic (exact) mass is 536 g/mol. The summed E-state index contributed by atoms with van der Waals surface area (Å²) in [6.45, 7) is 2.07. The smallest absolute Gasteiger partial charge is 0.138 e. The van der Waals surface area contributed by atoms with Crippen molar-refractivity contribution < 1.29 is 0 Å². The van der Waals surface area contributed by atoms with Crippen molar-refractivity contribution in [2.24, 2.45) is 0 Å². The van der Waals surface area contributed by atoms with Gasteiger partial charge in [-0.25, -0.2) is 15.0 Å². The van der Waals surface area contributed by atoms with Crippen LogP contribution < -0.4 is 0 Å². The number of aromatic amines is 3. The summed E-state index contributed by atoms with van der Waals surface area (Å²) in [5.74, 6) is 2.87. The molecule has 0 radical (unpaired) electrons. The molecule has 6 heteroatoms. The highest BCUT2D eigenvalue weighted by atomic mass is 14.9. The number of aryl methyl sites for hydroxylation is 1. The molecule has 0 aliphatic heterocycles. The molecule has 7 rings (SSSR count). The summed E-state index contributed by atoms with van der Waals surface area (Å²) in [5, 5.41) is 0. The van der Waals surface area contributed by atoms with Gasteiger partial charge < -0.3 is 15.0 Å². The zero-order valence-electron chi connectivity index (χ0n) is 22.9. The van der Waals surface area contributed by atoms with Crippen molar-refractivity contribution >= 4 is 0 Å². The second kappa shape index (κ2) is 14.1. The van der Waals surface area contributed by atoms with E-state index >= 15 is 0 Å². The van der Waals surface area contributed by atoms with E-state index in [0.717, 1.165) is 57.5 Å². The highest BCUT2D eigenvalue weighted by molar-refractivity contribution is 5.81. The third-order valence-corrected chi connectivity index (χ3v) is 6.30. The van der Waals surface area contributed by atoms with Crippen LogP contribution in [-0.4, -0.2) is 29.9 Å². The number of nitrogens with one attached hydrogen (secondary N) is 3. The molecule has 6 nitrogen and oxygen atoms in total. The molecule has 3 heterocycles. The fourth-order valence-electron chi connectivity index (χ4n) is 4.24. The lowest BCUT2D eigenvalue weighted by Crippen LogP contribution is -1.82. The second-order valence-corrected chi connectivity index (χ2v) is 9.10. The van der Waals surface area contributed by atoms with Crippen molar-refractivity contribution in [3.8, 4) is 45.3 Å². The third-order valence-electron chi connectivity index (χ3n) is 6.30. The molecule has 0 amide bonds. The van der Waals surface area contributed by atoms with Gasteiger partial charge in [0.1, 0.15) is 17.5 Å². The van der Waals surface area contributed by atoms with Crippen LogP contribution in [-0.2, 0) is 6.42 Å². The van der Waals surface area contributed by atoms with Gasteiger partial charge in [0.25, 0.3) is 0 Å². The Morgan fingerprint density at radius 1 is 0.512 bits per heavy atom. The zero-order valence-corrected chi connectivity index (χ0v) is 22.9. The van der Waals surface area contributed by atoms with Gasteiger partial charge in [0.2, 0.25) is 0 Å². The number of H-pyrrole nitrogens is 3. The number of hydrogen-bond donors (Lipinski definition) is 3. The Morgan fingerprint density at radius 3 is 1.46 bits per heavy atom. The number of aromatic nitrogens is 6. The molecule has 0 aliphatic rings. The maximum absolute atomic E-state index is 4.87. The molecule has 202 valence electrons. The maximum atomic E-state index is 4.87. The third kappa shape index (κ3) is 7.34. The fraction of sp³-hybridized carbons (Fsp3) is 0.0571. The molecule has 0 unspecified atom stereocenters. The Morgan fingerprint density at radius 2 is 1.00 bits per heavy atom. The summed E-state index contributed by atoms with van der Waals surface area (Å²) < 4.78 is 0. The first kappa shape index (κ1) is 27.1. The van der Waals surface area contributed by atoms with E-state index in [1.165, 1.54) is 0 Å². The molecule has 0 bridgehead atoms. The Kier molecular flexibility index (Phi) is 9.29.